The minimum Gasteiger partial charge on any atom is -0.394 e. The van der Waals surface area contributed by atoms with Crippen LogP contribution in [0.3, 0.4) is 0 Å². The fraction of sp³-hybridized carbons (Fsp3) is 0.848. The Bertz CT molecular complexity index is 1020. The van der Waals surface area contributed by atoms with E-state index in [2.05, 4.69) is 49.5 Å². The molecule has 0 spiro atoms. The average Bonchev–Trinajstić information content (AvgIpc) is 3.21. The Balaban J connectivity index is 2.30. The Kier molecular flexibility index (Phi) is 33.9. The van der Waals surface area contributed by atoms with Gasteiger partial charge in [-0.15, -0.1) is 0 Å². The maximum Gasteiger partial charge on any atom is 0.249 e. The first kappa shape index (κ1) is 53.3. The SMILES string of the molecule is CCC/C=C/CCCC(O)C(O)C(COC1OC(CO)C(O)C(O)C1O)NC(=O)C(O)CCCCCCCCCC/C=C\C/C=C\CCCCCCCCCCC. The molecule has 0 saturated carbocycles. The highest BCUT2D eigenvalue weighted by atomic mass is 16.7. The van der Waals surface area contributed by atoms with Gasteiger partial charge in [0.05, 0.1) is 25.4 Å². The highest BCUT2D eigenvalue weighted by molar-refractivity contribution is 5.80. The van der Waals surface area contributed by atoms with Gasteiger partial charge in [0.25, 0.3) is 0 Å². The first-order chi connectivity index (χ1) is 27.7. The van der Waals surface area contributed by atoms with Crippen LogP contribution in [0.4, 0.5) is 0 Å². The zero-order valence-corrected chi connectivity index (χ0v) is 35.8. The van der Waals surface area contributed by atoms with Crippen molar-refractivity contribution in [3.63, 3.8) is 0 Å². The van der Waals surface area contributed by atoms with Crippen molar-refractivity contribution < 1.29 is 50.0 Å². The summed E-state index contributed by atoms with van der Waals surface area (Å²) in [6.45, 7) is 3.28. The van der Waals surface area contributed by atoms with Crippen molar-refractivity contribution in [3.05, 3.63) is 36.5 Å². The van der Waals surface area contributed by atoms with E-state index in [0.717, 1.165) is 51.4 Å². The van der Waals surface area contributed by atoms with Crippen LogP contribution < -0.4 is 5.32 Å². The third kappa shape index (κ3) is 26.2. The lowest BCUT2D eigenvalue weighted by Crippen LogP contribution is -2.60. The molecular formula is C46H85NO10. The van der Waals surface area contributed by atoms with Gasteiger partial charge in [0.15, 0.2) is 6.29 Å². The number of hydrogen-bond donors (Lipinski definition) is 8. The van der Waals surface area contributed by atoms with Crippen LogP contribution in [0.1, 0.15) is 181 Å². The van der Waals surface area contributed by atoms with E-state index in [4.69, 9.17) is 9.47 Å². The lowest BCUT2D eigenvalue weighted by Gasteiger charge is -2.40. The van der Waals surface area contributed by atoms with Crippen LogP contribution in [0.25, 0.3) is 0 Å². The van der Waals surface area contributed by atoms with Crippen molar-refractivity contribution in [1.29, 1.82) is 0 Å². The molecule has 0 aromatic rings. The Hall–Kier alpha value is -1.67. The average molecular weight is 812 g/mol. The normalized spacial score (nSPS) is 22.4. The monoisotopic (exact) mass is 812 g/mol. The quantitative estimate of drug-likeness (QED) is 0.0235. The maximum atomic E-state index is 13.0. The maximum absolute atomic E-state index is 13.0. The predicted octanol–water partition coefficient (Wildman–Crippen LogP) is 7.22. The van der Waals surface area contributed by atoms with Gasteiger partial charge in [-0.3, -0.25) is 4.79 Å². The van der Waals surface area contributed by atoms with E-state index < -0.39 is 74.2 Å². The first-order valence-corrected chi connectivity index (χ1v) is 22.9. The summed E-state index contributed by atoms with van der Waals surface area (Å²) in [6, 6.07) is -1.18. The summed E-state index contributed by atoms with van der Waals surface area (Å²) in [5.74, 6) is -0.717. The fourth-order valence-electron chi connectivity index (χ4n) is 7.07. The molecule has 9 unspecified atom stereocenters. The molecule has 1 fully saturated rings. The van der Waals surface area contributed by atoms with E-state index in [9.17, 15) is 40.5 Å². The molecule has 334 valence electrons. The molecule has 0 aliphatic carbocycles. The van der Waals surface area contributed by atoms with Crippen molar-refractivity contribution >= 4 is 5.91 Å². The number of rotatable bonds is 37. The number of unbranched alkanes of at least 4 members (excludes halogenated alkanes) is 19. The molecule has 1 heterocycles. The summed E-state index contributed by atoms with van der Waals surface area (Å²) < 4.78 is 11.0. The number of allylic oxidation sites excluding steroid dienone is 6. The van der Waals surface area contributed by atoms with Crippen molar-refractivity contribution in [3.8, 4) is 0 Å². The van der Waals surface area contributed by atoms with Crippen molar-refractivity contribution in [2.24, 2.45) is 0 Å². The zero-order valence-electron chi connectivity index (χ0n) is 35.8. The second-order valence-electron chi connectivity index (χ2n) is 16.1. The number of nitrogens with one attached hydrogen (secondary N) is 1. The molecular weight excluding hydrogens is 727 g/mol. The molecule has 1 saturated heterocycles. The van der Waals surface area contributed by atoms with Gasteiger partial charge in [0, 0.05) is 0 Å². The van der Waals surface area contributed by atoms with Crippen LogP contribution in [-0.2, 0) is 14.3 Å². The van der Waals surface area contributed by atoms with E-state index in [1.807, 2.05) is 6.08 Å². The van der Waals surface area contributed by atoms with Crippen LogP contribution in [0.15, 0.2) is 36.5 Å². The molecule has 1 amide bonds. The molecule has 1 aliphatic heterocycles. The summed E-state index contributed by atoms with van der Waals surface area (Å²) in [6.07, 6.45) is 29.7. The van der Waals surface area contributed by atoms with Crippen molar-refractivity contribution in [1.82, 2.24) is 5.32 Å². The van der Waals surface area contributed by atoms with Gasteiger partial charge in [-0.2, -0.15) is 0 Å². The van der Waals surface area contributed by atoms with Gasteiger partial charge < -0.3 is 50.5 Å². The Labute approximate surface area is 346 Å². The first-order valence-electron chi connectivity index (χ1n) is 22.9. The van der Waals surface area contributed by atoms with E-state index in [1.54, 1.807) is 0 Å². The minimum absolute atomic E-state index is 0.246. The summed E-state index contributed by atoms with van der Waals surface area (Å²) in [7, 11) is 0. The molecule has 9 atom stereocenters. The lowest BCUT2D eigenvalue weighted by molar-refractivity contribution is -0.303. The minimum atomic E-state index is -1.67. The van der Waals surface area contributed by atoms with E-state index >= 15 is 0 Å². The highest BCUT2D eigenvalue weighted by Crippen LogP contribution is 2.23. The van der Waals surface area contributed by atoms with Crippen LogP contribution in [-0.4, -0.2) is 110 Å². The molecule has 11 nitrogen and oxygen atoms in total. The summed E-state index contributed by atoms with van der Waals surface area (Å²) in [5.41, 5.74) is 0. The van der Waals surface area contributed by atoms with Crippen molar-refractivity contribution in [2.45, 2.75) is 236 Å². The molecule has 1 aliphatic rings. The topological polar surface area (TPSA) is 189 Å². The molecule has 0 aromatic heterocycles. The molecule has 0 bridgehead atoms. The van der Waals surface area contributed by atoms with Crippen LogP contribution in [0, 0.1) is 0 Å². The molecule has 1 rings (SSSR count). The number of carbonyl (C=O) groups excluding carboxylic acids is 1. The lowest BCUT2D eigenvalue weighted by atomic mass is 9.98. The number of ether oxygens (including phenoxy) is 2. The Morgan fingerprint density at radius 1 is 0.614 bits per heavy atom. The summed E-state index contributed by atoms with van der Waals surface area (Å²) in [5, 5.41) is 75.1. The number of aliphatic hydroxyl groups excluding tert-OH is 7. The van der Waals surface area contributed by atoms with Crippen LogP contribution >= 0.6 is 0 Å². The van der Waals surface area contributed by atoms with Gasteiger partial charge >= 0.3 is 0 Å². The van der Waals surface area contributed by atoms with Gasteiger partial charge in [-0.05, 0) is 64.2 Å². The summed E-state index contributed by atoms with van der Waals surface area (Å²) >= 11 is 0. The molecule has 0 aromatic carbocycles. The molecule has 57 heavy (non-hydrogen) atoms. The van der Waals surface area contributed by atoms with Crippen molar-refractivity contribution in [2.75, 3.05) is 13.2 Å². The number of amides is 1. The fourth-order valence-corrected chi connectivity index (χ4v) is 7.07. The smallest absolute Gasteiger partial charge is 0.249 e. The molecule has 11 heteroatoms. The number of carbonyl (C=O) groups is 1. The van der Waals surface area contributed by atoms with E-state index in [0.29, 0.717) is 12.8 Å². The molecule has 0 radical (unpaired) electrons. The third-order valence-electron chi connectivity index (χ3n) is 10.9. The second-order valence-corrected chi connectivity index (χ2v) is 16.1. The van der Waals surface area contributed by atoms with Gasteiger partial charge in [0.2, 0.25) is 5.91 Å². The molecule has 8 N–H and O–H groups in total. The Morgan fingerprint density at radius 3 is 1.68 bits per heavy atom. The number of hydrogen-bond acceptors (Lipinski definition) is 10. The van der Waals surface area contributed by atoms with Crippen LogP contribution in [0.5, 0.6) is 0 Å². The van der Waals surface area contributed by atoms with Gasteiger partial charge in [-0.1, -0.05) is 153 Å². The van der Waals surface area contributed by atoms with E-state index in [1.165, 1.54) is 89.9 Å². The zero-order chi connectivity index (χ0) is 41.9. The van der Waals surface area contributed by atoms with Gasteiger partial charge in [0.1, 0.15) is 36.6 Å². The highest BCUT2D eigenvalue weighted by Gasteiger charge is 2.44. The third-order valence-corrected chi connectivity index (χ3v) is 10.9. The largest absolute Gasteiger partial charge is 0.394 e. The Morgan fingerprint density at radius 2 is 1.12 bits per heavy atom. The van der Waals surface area contributed by atoms with Crippen LogP contribution in [0.2, 0.25) is 0 Å². The van der Waals surface area contributed by atoms with E-state index in [-0.39, 0.29) is 12.8 Å². The predicted molar refractivity (Wildman–Crippen MR) is 228 cm³/mol. The second kappa shape index (κ2) is 36.2. The number of aliphatic hydroxyl groups is 7. The summed E-state index contributed by atoms with van der Waals surface area (Å²) in [4.78, 5) is 13.0. The standard InChI is InChI=1S/C46H85NO10/c1-3-5-7-9-11-12-13-14-15-16-17-18-19-20-21-22-23-24-25-26-27-28-30-32-34-39(50)45(55)47-37(41(51)38(49)33-31-29-10-8-6-4-2)36-56-46-44(54)43(53)42(52)40(35-48)57-46/h8,10,17-18,20-21,37-44,46,48-54H,3-7,9,11-16,19,22-36H2,1-2H3,(H,47,55)/b10-8+,18-17-,21-20-. The van der Waals surface area contributed by atoms with Gasteiger partial charge in [-0.25, -0.2) is 0 Å².